The fraction of sp³-hybridized carbons (Fsp3) is 0.429. The van der Waals surface area contributed by atoms with E-state index in [0.29, 0.717) is 5.92 Å². The van der Waals surface area contributed by atoms with Gasteiger partial charge in [0.25, 0.3) is 0 Å². The standard InChI is InChI=1S/C14H18IN5/c1-9-5-6-20(8-12(9)16)14-17-13(18-19-14)10-3-2-4-11(15)7-10/h2-4,7,9,12H,5-6,8,16H2,1H3,(H,17,18,19). The molecule has 2 atom stereocenters. The van der Waals surface area contributed by atoms with Crippen molar-refractivity contribution in [1.29, 1.82) is 0 Å². The van der Waals surface area contributed by atoms with Crippen LogP contribution in [-0.4, -0.2) is 34.3 Å². The number of nitrogens with two attached hydrogens (primary N) is 1. The van der Waals surface area contributed by atoms with Crippen LogP contribution in [0.4, 0.5) is 5.95 Å². The van der Waals surface area contributed by atoms with Crippen molar-refractivity contribution in [3.8, 4) is 11.4 Å². The van der Waals surface area contributed by atoms with Crippen molar-refractivity contribution in [1.82, 2.24) is 15.2 Å². The highest BCUT2D eigenvalue weighted by Gasteiger charge is 2.25. The predicted molar refractivity (Wildman–Crippen MR) is 88.5 cm³/mol. The Morgan fingerprint density at radius 1 is 1.45 bits per heavy atom. The van der Waals surface area contributed by atoms with Crippen LogP contribution in [-0.2, 0) is 0 Å². The van der Waals surface area contributed by atoms with Crippen molar-refractivity contribution in [3.05, 3.63) is 27.8 Å². The molecule has 20 heavy (non-hydrogen) atoms. The predicted octanol–water partition coefficient (Wildman–Crippen LogP) is 2.25. The molecule has 0 bridgehead atoms. The Morgan fingerprint density at radius 3 is 3.05 bits per heavy atom. The Bertz CT molecular complexity index is 597. The largest absolute Gasteiger partial charge is 0.338 e. The van der Waals surface area contributed by atoms with E-state index in [4.69, 9.17) is 5.73 Å². The Labute approximate surface area is 132 Å². The van der Waals surface area contributed by atoms with E-state index >= 15 is 0 Å². The summed E-state index contributed by atoms with van der Waals surface area (Å²) in [6.45, 7) is 4.00. The van der Waals surface area contributed by atoms with Gasteiger partial charge in [-0.3, -0.25) is 5.10 Å². The molecule has 1 fully saturated rings. The first-order valence-electron chi connectivity index (χ1n) is 6.82. The van der Waals surface area contributed by atoms with Crippen LogP contribution in [0.15, 0.2) is 24.3 Å². The maximum atomic E-state index is 6.14. The van der Waals surface area contributed by atoms with Crippen molar-refractivity contribution in [2.24, 2.45) is 11.7 Å². The van der Waals surface area contributed by atoms with Crippen molar-refractivity contribution >= 4 is 28.5 Å². The zero-order valence-corrected chi connectivity index (χ0v) is 13.5. The highest BCUT2D eigenvalue weighted by molar-refractivity contribution is 14.1. The normalized spacial score (nSPS) is 23.1. The molecule has 3 rings (SSSR count). The molecule has 0 spiro atoms. The Morgan fingerprint density at radius 2 is 2.30 bits per heavy atom. The lowest BCUT2D eigenvalue weighted by Crippen LogP contribution is -2.48. The van der Waals surface area contributed by atoms with Crippen LogP contribution >= 0.6 is 22.6 Å². The summed E-state index contributed by atoms with van der Waals surface area (Å²) >= 11 is 2.30. The second kappa shape index (κ2) is 5.69. The highest BCUT2D eigenvalue weighted by Crippen LogP contribution is 2.23. The number of rotatable bonds is 2. The topological polar surface area (TPSA) is 70.8 Å². The number of nitrogens with zero attached hydrogens (tertiary/aromatic N) is 3. The van der Waals surface area contributed by atoms with E-state index in [1.165, 1.54) is 3.57 Å². The smallest absolute Gasteiger partial charge is 0.245 e. The van der Waals surface area contributed by atoms with Crippen LogP contribution in [0.2, 0.25) is 0 Å². The number of H-pyrrole nitrogens is 1. The summed E-state index contributed by atoms with van der Waals surface area (Å²) in [5.41, 5.74) is 7.20. The van der Waals surface area contributed by atoms with Gasteiger partial charge in [0.15, 0.2) is 5.82 Å². The summed E-state index contributed by atoms with van der Waals surface area (Å²) in [5, 5.41) is 7.36. The van der Waals surface area contributed by atoms with Crippen molar-refractivity contribution in [2.45, 2.75) is 19.4 Å². The summed E-state index contributed by atoms with van der Waals surface area (Å²) < 4.78 is 1.19. The highest BCUT2D eigenvalue weighted by atomic mass is 127. The SMILES string of the molecule is CC1CCN(c2n[nH]c(-c3cccc(I)c3)n2)CC1N. The van der Waals surface area contributed by atoms with Gasteiger partial charge in [-0.15, -0.1) is 5.10 Å². The zero-order valence-electron chi connectivity index (χ0n) is 11.4. The van der Waals surface area contributed by atoms with Gasteiger partial charge in [-0.1, -0.05) is 19.1 Å². The van der Waals surface area contributed by atoms with Gasteiger partial charge in [0.05, 0.1) is 0 Å². The number of aromatic nitrogens is 3. The lowest BCUT2D eigenvalue weighted by molar-refractivity contribution is 0.376. The average molecular weight is 383 g/mol. The van der Waals surface area contributed by atoms with Crippen molar-refractivity contribution in [3.63, 3.8) is 0 Å². The third-order valence-electron chi connectivity index (χ3n) is 3.87. The molecule has 5 nitrogen and oxygen atoms in total. The summed E-state index contributed by atoms with van der Waals surface area (Å²) in [7, 11) is 0. The molecule has 0 amide bonds. The van der Waals surface area contributed by atoms with Gasteiger partial charge in [0, 0.05) is 28.3 Å². The molecule has 2 heterocycles. The van der Waals surface area contributed by atoms with E-state index < -0.39 is 0 Å². The van der Waals surface area contributed by atoms with Gasteiger partial charge in [0.2, 0.25) is 5.95 Å². The molecule has 6 heteroatoms. The maximum Gasteiger partial charge on any atom is 0.245 e. The van der Waals surface area contributed by atoms with E-state index in [0.717, 1.165) is 36.8 Å². The quantitative estimate of drug-likeness (QED) is 0.781. The summed E-state index contributed by atoms with van der Waals surface area (Å²) in [6, 6.07) is 8.42. The van der Waals surface area contributed by atoms with Crippen LogP contribution in [0.1, 0.15) is 13.3 Å². The second-order valence-electron chi connectivity index (χ2n) is 5.37. The average Bonchev–Trinajstić information content (AvgIpc) is 2.92. The van der Waals surface area contributed by atoms with Crippen LogP contribution in [0.3, 0.4) is 0 Å². The molecular weight excluding hydrogens is 365 g/mol. The first kappa shape index (κ1) is 13.8. The van der Waals surface area contributed by atoms with E-state index in [-0.39, 0.29) is 6.04 Å². The molecule has 2 aromatic rings. The van der Waals surface area contributed by atoms with E-state index in [1.807, 2.05) is 12.1 Å². The molecule has 1 aromatic carbocycles. The molecule has 106 valence electrons. The summed E-state index contributed by atoms with van der Waals surface area (Å²) in [4.78, 5) is 6.77. The number of hydrogen-bond donors (Lipinski definition) is 2. The Balaban J connectivity index is 1.80. The van der Waals surface area contributed by atoms with Crippen LogP contribution in [0.5, 0.6) is 0 Å². The molecule has 1 aromatic heterocycles. The zero-order chi connectivity index (χ0) is 14.1. The number of hydrogen-bond acceptors (Lipinski definition) is 4. The third-order valence-corrected chi connectivity index (χ3v) is 4.54. The molecular formula is C14H18IN5. The summed E-state index contributed by atoms with van der Waals surface area (Å²) in [5.74, 6) is 2.13. The minimum Gasteiger partial charge on any atom is -0.338 e. The monoisotopic (exact) mass is 383 g/mol. The van der Waals surface area contributed by atoms with E-state index in [1.54, 1.807) is 0 Å². The molecule has 0 aliphatic carbocycles. The lowest BCUT2D eigenvalue weighted by atomic mass is 9.95. The summed E-state index contributed by atoms with van der Waals surface area (Å²) in [6.07, 6.45) is 1.09. The van der Waals surface area contributed by atoms with Gasteiger partial charge < -0.3 is 10.6 Å². The molecule has 0 saturated carbocycles. The number of anilines is 1. The van der Waals surface area contributed by atoms with Gasteiger partial charge >= 0.3 is 0 Å². The van der Waals surface area contributed by atoms with Crippen LogP contribution in [0, 0.1) is 9.49 Å². The number of benzene rings is 1. The number of aromatic amines is 1. The van der Waals surface area contributed by atoms with Crippen molar-refractivity contribution in [2.75, 3.05) is 18.0 Å². The van der Waals surface area contributed by atoms with Gasteiger partial charge in [-0.25, -0.2) is 0 Å². The molecule has 0 radical (unpaired) electrons. The second-order valence-corrected chi connectivity index (χ2v) is 6.62. The maximum absolute atomic E-state index is 6.14. The third kappa shape index (κ3) is 2.80. The minimum absolute atomic E-state index is 0.198. The number of nitrogens with one attached hydrogen (secondary N) is 1. The molecule has 2 unspecified atom stereocenters. The minimum atomic E-state index is 0.198. The lowest BCUT2D eigenvalue weighted by Gasteiger charge is -2.34. The van der Waals surface area contributed by atoms with Gasteiger partial charge in [0.1, 0.15) is 0 Å². The Hall–Kier alpha value is -1.15. The Kier molecular flexibility index (Phi) is 3.93. The molecule has 1 aliphatic rings. The molecule has 3 N–H and O–H groups in total. The van der Waals surface area contributed by atoms with E-state index in [2.05, 4.69) is 61.7 Å². The number of halogens is 1. The number of piperidine rings is 1. The first-order valence-corrected chi connectivity index (χ1v) is 7.90. The van der Waals surface area contributed by atoms with E-state index in [9.17, 15) is 0 Å². The fourth-order valence-electron chi connectivity index (χ4n) is 2.44. The van der Waals surface area contributed by atoms with Crippen molar-refractivity contribution < 1.29 is 0 Å². The van der Waals surface area contributed by atoms with Gasteiger partial charge in [-0.2, -0.15) is 4.98 Å². The van der Waals surface area contributed by atoms with Crippen LogP contribution in [0.25, 0.3) is 11.4 Å². The van der Waals surface area contributed by atoms with Gasteiger partial charge in [-0.05, 0) is 47.1 Å². The molecule has 1 aliphatic heterocycles. The fourth-order valence-corrected chi connectivity index (χ4v) is 2.98. The van der Waals surface area contributed by atoms with Crippen LogP contribution < -0.4 is 10.6 Å². The first-order chi connectivity index (χ1) is 9.63. The molecule has 1 saturated heterocycles.